The highest BCUT2D eigenvalue weighted by atomic mass is 79.9. The van der Waals surface area contributed by atoms with E-state index in [2.05, 4.69) is 31.9 Å². The molecule has 1 heterocycles. The van der Waals surface area contributed by atoms with Gasteiger partial charge in [-0.3, -0.25) is 0 Å². The van der Waals surface area contributed by atoms with Gasteiger partial charge in [0.05, 0.1) is 22.6 Å². The highest BCUT2D eigenvalue weighted by Crippen LogP contribution is 2.40. The molecule has 1 aliphatic heterocycles. The van der Waals surface area contributed by atoms with Crippen LogP contribution in [-0.2, 0) is 9.84 Å². The van der Waals surface area contributed by atoms with E-state index in [0.717, 1.165) is 22.2 Å². The van der Waals surface area contributed by atoms with Gasteiger partial charge in [0.2, 0.25) is 0 Å². The summed E-state index contributed by atoms with van der Waals surface area (Å²) in [5, 5.41) is 0. The van der Waals surface area contributed by atoms with Crippen molar-refractivity contribution in [1.82, 2.24) is 0 Å². The quantitative estimate of drug-likeness (QED) is 0.709. The van der Waals surface area contributed by atoms with Gasteiger partial charge in [0.1, 0.15) is 5.75 Å². The number of halogens is 2. The van der Waals surface area contributed by atoms with Crippen LogP contribution in [0.2, 0.25) is 0 Å². The van der Waals surface area contributed by atoms with Crippen LogP contribution in [0.4, 0.5) is 0 Å². The Morgan fingerprint density at radius 2 is 2.21 bits per heavy atom. The largest absolute Gasteiger partial charge is 0.493 e. The lowest BCUT2D eigenvalue weighted by atomic mass is 9.99. The molecular weight excluding hydrogens is 396 g/mol. The number of sulfone groups is 1. The number of ether oxygens (including phenoxy) is 1. The Morgan fingerprint density at radius 3 is 2.74 bits per heavy atom. The summed E-state index contributed by atoms with van der Waals surface area (Å²) in [5.74, 6) is 1.53. The Labute approximate surface area is 130 Å². The van der Waals surface area contributed by atoms with Crippen molar-refractivity contribution in [2.75, 3.05) is 18.1 Å². The highest BCUT2D eigenvalue weighted by Gasteiger charge is 2.33. The molecule has 1 saturated heterocycles. The van der Waals surface area contributed by atoms with E-state index in [1.54, 1.807) is 0 Å². The molecule has 0 amide bonds. The molecule has 1 aliphatic rings. The van der Waals surface area contributed by atoms with Gasteiger partial charge < -0.3 is 4.74 Å². The molecule has 0 bridgehead atoms. The van der Waals surface area contributed by atoms with E-state index >= 15 is 0 Å². The van der Waals surface area contributed by atoms with E-state index in [-0.39, 0.29) is 16.5 Å². The van der Waals surface area contributed by atoms with Gasteiger partial charge in [0, 0.05) is 4.83 Å². The van der Waals surface area contributed by atoms with Crippen LogP contribution in [-0.4, -0.2) is 26.5 Å². The molecular formula is C13H16Br2O3S. The van der Waals surface area contributed by atoms with Crippen molar-refractivity contribution in [2.45, 2.75) is 18.2 Å². The van der Waals surface area contributed by atoms with E-state index in [1.165, 1.54) is 0 Å². The first-order chi connectivity index (χ1) is 8.93. The molecule has 0 radical (unpaired) electrons. The molecule has 19 heavy (non-hydrogen) atoms. The first-order valence-electron chi connectivity index (χ1n) is 6.19. The summed E-state index contributed by atoms with van der Waals surface area (Å²) < 4.78 is 29.4. The number of hydrogen-bond acceptors (Lipinski definition) is 3. The van der Waals surface area contributed by atoms with Crippen molar-refractivity contribution in [2.24, 2.45) is 5.92 Å². The van der Waals surface area contributed by atoms with Gasteiger partial charge in [0.25, 0.3) is 0 Å². The summed E-state index contributed by atoms with van der Waals surface area (Å²) >= 11 is 7.12. The van der Waals surface area contributed by atoms with Crippen LogP contribution in [0.15, 0.2) is 22.7 Å². The standard InChI is InChI=1S/C13H16Br2O3S/c1-2-18-12-4-3-9(7-11(12)14)13(15)10-5-6-19(16,17)8-10/h3-4,7,10,13H,2,5-6,8H2,1H3. The lowest BCUT2D eigenvalue weighted by molar-refractivity contribution is 0.338. The molecule has 2 atom stereocenters. The van der Waals surface area contributed by atoms with Gasteiger partial charge in [-0.15, -0.1) is 0 Å². The molecule has 2 rings (SSSR count). The summed E-state index contributed by atoms with van der Waals surface area (Å²) in [7, 11) is -2.84. The summed E-state index contributed by atoms with van der Waals surface area (Å²) in [5.41, 5.74) is 1.08. The third kappa shape index (κ3) is 3.73. The van der Waals surface area contributed by atoms with E-state index < -0.39 is 9.84 Å². The molecule has 0 saturated carbocycles. The molecule has 1 aromatic carbocycles. The number of hydrogen-bond donors (Lipinski definition) is 0. The minimum absolute atomic E-state index is 0.0664. The van der Waals surface area contributed by atoms with Crippen molar-refractivity contribution < 1.29 is 13.2 Å². The molecule has 1 fully saturated rings. The van der Waals surface area contributed by atoms with Crippen molar-refractivity contribution in [3.8, 4) is 5.75 Å². The lowest BCUT2D eigenvalue weighted by Gasteiger charge is -2.17. The summed E-state index contributed by atoms with van der Waals surface area (Å²) in [6, 6.07) is 5.90. The second kappa shape index (κ2) is 6.14. The minimum Gasteiger partial charge on any atom is -0.493 e. The lowest BCUT2D eigenvalue weighted by Crippen LogP contribution is -2.10. The van der Waals surface area contributed by atoms with E-state index in [4.69, 9.17) is 4.74 Å². The predicted octanol–water partition coefficient (Wildman–Crippen LogP) is 3.72. The molecule has 1 aromatic rings. The van der Waals surface area contributed by atoms with Gasteiger partial charge in [-0.2, -0.15) is 0 Å². The molecule has 6 heteroatoms. The average Bonchev–Trinajstić information content (AvgIpc) is 2.71. The van der Waals surface area contributed by atoms with Gasteiger partial charge in [-0.1, -0.05) is 22.0 Å². The topological polar surface area (TPSA) is 43.4 Å². The smallest absolute Gasteiger partial charge is 0.150 e. The van der Waals surface area contributed by atoms with Crippen LogP contribution in [0.5, 0.6) is 5.75 Å². The third-order valence-electron chi connectivity index (χ3n) is 3.26. The molecule has 0 spiro atoms. The van der Waals surface area contributed by atoms with Crippen molar-refractivity contribution in [3.05, 3.63) is 28.2 Å². The Morgan fingerprint density at radius 1 is 1.47 bits per heavy atom. The molecule has 0 N–H and O–H groups in total. The summed E-state index contributed by atoms with van der Waals surface area (Å²) in [6.45, 7) is 2.56. The first kappa shape index (κ1) is 15.3. The molecule has 106 valence electrons. The maximum atomic E-state index is 11.5. The minimum atomic E-state index is -2.84. The Hall–Kier alpha value is -0.0700. The fraction of sp³-hybridized carbons (Fsp3) is 0.538. The monoisotopic (exact) mass is 410 g/mol. The maximum absolute atomic E-state index is 11.5. The second-order valence-corrected chi connectivity index (χ2v) is 8.76. The van der Waals surface area contributed by atoms with Gasteiger partial charge in [-0.25, -0.2) is 8.42 Å². The van der Waals surface area contributed by atoms with E-state index in [0.29, 0.717) is 12.4 Å². The first-order valence-corrected chi connectivity index (χ1v) is 9.72. The normalized spacial score (nSPS) is 23.2. The van der Waals surface area contributed by atoms with Gasteiger partial charge in [0.15, 0.2) is 9.84 Å². The number of benzene rings is 1. The third-order valence-corrected chi connectivity index (χ3v) is 6.95. The van der Waals surface area contributed by atoms with Crippen LogP contribution >= 0.6 is 31.9 Å². The molecule has 0 aliphatic carbocycles. The zero-order chi connectivity index (χ0) is 14.0. The van der Waals surface area contributed by atoms with Crippen molar-refractivity contribution in [3.63, 3.8) is 0 Å². The van der Waals surface area contributed by atoms with Crippen molar-refractivity contribution >= 4 is 41.7 Å². The Bertz CT molecular complexity index is 557. The zero-order valence-corrected chi connectivity index (χ0v) is 14.6. The van der Waals surface area contributed by atoms with Crippen LogP contribution in [0.3, 0.4) is 0 Å². The van der Waals surface area contributed by atoms with Crippen LogP contribution in [0.25, 0.3) is 0 Å². The Kier molecular flexibility index (Phi) is 4.95. The van der Waals surface area contributed by atoms with Crippen molar-refractivity contribution in [1.29, 1.82) is 0 Å². The van der Waals surface area contributed by atoms with E-state index in [1.807, 2.05) is 25.1 Å². The fourth-order valence-corrected chi connectivity index (χ4v) is 5.62. The number of rotatable bonds is 4. The second-order valence-electron chi connectivity index (χ2n) is 4.69. The van der Waals surface area contributed by atoms with Gasteiger partial charge >= 0.3 is 0 Å². The Balaban J connectivity index is 2.16. The number of alkyl halides is 1. The average molecular weight is 412 g/mol. The molecule has 2 unspecified atom stereocenters. The van der Waals surface area contributed by atoms with Gasteiger partial charge in [-0.05, 0) is 52.9 Å². The van der Waals surface area contributed by atoms with Crippen LogP contribution in [0.1, 0.15) is 23.7 Å². The molecule has 3 nitrogen and oxygen atoms in total. The summed E-state index contributed by atoms with van der Waals surface area (Å²) in [4.78, 5) is 0.0664. The maximum Gasteiger partial charge on any atom is 0.150 e. The highest BCUT2D eigenvalue weighted by molar-refractivity contribution is 9.10. The predicted molar refractivity (Wildman–Crippen MR) is 83.7 cm³/mol. The molecule has 0 aromatic heterocycles. The van der Waals surface area contributed by atoms with Crippen LogP contribution in [0, 0.1) is 5.92 Å². The summed E-state index contributed by atoms with van der Waals surface area (Å²) in [6.07, 6.45) is 0.725. The SMILES string of the molecule is CCOc1ccc(C(Br)C2CCS(=O)(=O)C2)cc1Br. The zero-order valence-electron chi connectivity index (χ0n) is 10.6. The van der Waals surface area contributed by atoms with E-state index in [9.17, 15) is 8.42 Å². The van der Waals surface area contributed by atoms with Crippen LogP contribution < -0.4 is 4.74 Å². The fourth-order valence-electron chi connectivity index (χ4n) is 2.29.